The van der Waals surface area contributed by atoms with Crippen molar-refractivity contribution in [2.75, 3.05) is 13.7 Å². The fourth-order valence-electron chi connectivity index (χ4n) is 2.86. The second kappa shape index (κ2) is 11.1. The number of carbonyl (C=O) groups excluding carboxylic acids is 3. The maximum atomic E-state index is 13.0. The van der Waals surface area contributed by atoms with Crippen molar-refractivity contribution >= 4 is 41.3 Å². The molecule has 2 aromatic heterocycles. The molecule has 3 aromatic rings. The Morgan fingerprint density at radius 3 is 2.58 bits per heavy atom. The first-order valence-electron chi connectivity index (χ1n) is 9.98. The third-order valence-corrected chi connectivity index (χ3v) is 5.50. The highest BCUT2D eigenvalue weighted by molar-refractivity contribution is 7.07. The van der Waals surface area contributed by atoms with E-state index < -0.39 is 23.4 Å². The quantitative estimate of drug-likeness (QED) is 0.484. The van der Waals surface area contributed by atoms with E-state index in [0.717, 1.165) is 11.3 Å². The van der Waals surface area contributed by atoms with Crippen LogP contribution in [-0.4, -0.2) is 36.1 Å². The van der Waals surface area contributed by atoms with Gasteiger partial charge in [-0.2, -0.15) is 0 Å². The zero-order valence-electron chi connectivity index (χ0n) is 18.0. The van der Waals surface area contributed by atoms with Crippen LogP contribution in [0.1, 0.15) is 28.6 Å². The molecule has 0 saturated carbocycles. The third kappa shape index (κ3) is 6.30. The number of hydrogen-bond donors (Lipinski definition) is 1. The smallest absolute Gasteiger partial charge is 0.337 e. The summed E-state index contributed by atoms with van der Waals surface area (Å²) in [6, 6.07) is 9.92. The van der Waals surface area contributed by atoms with Crippen molar-refractivity contribution in [2.45, 2.75) is 20.0 Å². The molecule has 0 aliphatic heterocycles. The minimum Gasteiger partial charge on any atom is -0.467 e. The van der Waals surface area contributed by atoms with Crippen molar-refractivity contribution in [3.8, 4) is 0 Å². The number of rotatable bonds is 8. The molecule has 0 unspecified atom stereocenters. The Hall–Kier alpha value is -3.92. The first kappa shape index (κ1) is 23.7. The van der Waals surface area contributed by atoms with Crippen LogP contribution in [-0.2, 0) is 32.2 Å². The summed E-state index contributed by atoms with van der Waals surface area (Å²) in [5.74, 6) is -0.924. The predicted octanol–water partition coefficient (Wildman–Crippen LogP) is 0.778. The SMILES string of the molecule is CCOC(=O)/C=c1\s/c(=C/c2ccc(C(=O)OC)cc2)c(=O)n1CC(=O)NCc1ccco1. The number of esters is 2. The molecule has 2 heterocycles. The zero-order valence-corrected chi connectivity index (χ0v) is 18.8. The number of nitrogens with one attached hydrogen (secondary N) is 1. The van der Waals surface area contributed by atoms with E-state index in [0.29, 0.717) is 21.4 Å². The molecule has 0 saturated heterocycles. The Kier molecular flexibility index (Phi) is 7.98. The first-order chi connectivity index (χ1) is 15.9. The van der Waals surface area contributed by atoms with E-state index in [-0.39, 0.29) is 24.4 Å². The summed E-state index contributed by atoms with van der Waals surface area (Å²) in [7, 11) is 1.29. The molecule has 0 aliphatic carbocycles. The Morgan fingerprint density at radius 2 is 1.94 bits per heavy atom. The summed E-state index contributed by atoms with van der Waals surface area (Å²) in [6.07, 6.45) is 4.30. The summed E-state index contributed by atoms with van der Waals surface area (Å²) in [5.41, 5.74) is 0.613. The van der Waals surface area contributed by atoms with Crippen LogP contribution in [0, 0.1) is 0 Å². The molecule has 0 atom stereocenters. The van der Waals surface area contributed by atoms with E-state index in [9.17, 15) is 19.2 Å². The van der Waals surface area contributed by atoms with Crippen LogP contribution in [0.25, 0.3) is 12.2 Å². The van der Waals surface area contributed by atoms with Gasteiger partial charge in [-0.25, -0.2) is 9.59 Å². The topological polar surface area (TPSA) is 117 Å². The molecular formula is C23H22N2O7S. The fourth-order valence-corrected chi connectivity index (χ4v) is 3.89. The van der Waals surface area contributed by atoms with E-state index in [1.165, 1.54) is 24.0 Å². The second-order valence-corrected chi connectivity index (χ2v) is 7.77. The van der Waals surface area contributed by atoms with E-state index in [2.05, 4.69) is 10.1 Å². The van der Waals surface area contributed by atoms with Gasteiger partial charge in [0.15, 0.2) is 0 Å². The third-order valence-electron chi connectivity index (χ3n) is 4.44. The number of thiazole rings is 1. The highest BCUT2D eigenvalue weighted by atomic mass is 32.1. The largest absolute Gasteiger partial charge is 0.467 e. The van der Waals surface area contributed by atoms with Gasteiger partial charge in [0.05, 0.1) is 42.7 Å². The average molecular weight is 471 g/mol. The van der Waals surface area contributed by atoms with E-state index in [4.69, 9.17) is 9.15 Å². The van der Waals surface area contributed by atoms with Crippen LogP contribution in [0.5, 0.6) is 0 Å². The minimum absolute atomic E-state index is 0.174. The minimum atomic E-state index is -0.613. The maximum absolute atomic E-state index is 13.0. The second-order valence-electron chi connectivity index (χ2n) is 6.71. The fraction of sp³-hybridized carbons (Fsp3) is 0.217. The number of nitrogens with zero attached hydrogens (tertiary/aromatic N) is 1. The lowest BCUT2D eigenvalue weighted by Gasteiger charge is -2.04. The van der Waals surface area contributed by atoms with E-state index >= 15 is 0 Å². The highest BCUT2D eigenvalue weighted by Gasteiger charge is 2.12. The lowest BCUT2D eigenvalue weighted by atomic mass is 10.1. The van der Waals surface area contributed by atoms with E-state index in [1.54, 1.807) is 49.4 Å². The summed E-state index contributed by atoms with van der Waals surface area (Å²) in [4.78, 5) is 49.0. The van der Waals surface area contributed by atoms with Gasteiger partial charge in [-0.15, -0.1) is 11.3 Å². The van der Waals surface area contributed by atoms with Gasteiger partial charge in [0, 0.05) is 0 Å². The molecule has 1 amide bonds. The molecule has 0 radical (unpaired) electrons. The molecule has 1 aromatic carbocycles. The van der Waals surface area contributed by atoms with Gasteiger partial charge in [-0.3, -0.25) is 14.2 Å². The van der Waals surface area contributed by atoms with Gasteiger partial charge >= 0.3 is 11.9 Å². The van der Waals surface area contributed by atoms with Crippen LogP contribution in [0.15, 0.2) is 51.9 Å². The molecule has 172 valence electrons. The zero-order chi connectivity index (χ0) is 23.8. The van der Waals surface area contributed by atoms with Crippen molar-refractivity contribution < 1.29 is 28.3 Å². The van der Waals surface area contributed by atoms with Crippen molar-refractivity contribution in [1.29, 1.82) is 0 Å². The highest BCUT2D eigenvalue weighted by Crippen LogP contribution is 2.06. The molecule has 0 bridgehead atoms. The number of carbonyl (C=O) groups is 3. The van der Waals surface area contributed by atoms with Crippen molar-refractivity contribution in [2.24, 2.45) is 0 Å². The average Bonchev–Trinajstić information content (AvgIpc) is 3.42. The molecule has 1 N–H and O–H groups in total. The molecular weight excluding hydrogens is 448 g/mol. The summed E-state index contributed by atoms with van der Waals surface area (Å²) in [5, 5.41) is 2.68. The van der Waals surface area contributed by atoms with Crippen LogP contribution in [0.3, 0.4) is 0 Å². The molecule has 33 heavy (non-hydrogen) atoms. The maximum Gasteiger partial charge on any atom is 0.337 e. The molecule has 0 aliphatic rings. The first-order valence-corrected chi connectivity index (χ1v) is 10.8. The number of furan rings is 1. The molecule has 9 nitrogen and oxygen atoms in total. The predicted molar refractivity (Wildman–Crippen MR) is 121 cm³/mol. The Morgan fingerprint density at radius 1 is 1.18 bits per heavy atom. The standard InChI is InChI=1S/C23H22N2O7S/c1-3-31-21(27)12-20-25(14-19(26)24-13-17-5-4-10-32-17)22(28)18(33-20)11-15-6-8-16(9-7-15)23(29)30-2/h4-12H,3,13-14H2,1-2H3,(H,24,26)/b18-11+,20-12-. The van der Waals surface area contributed by atoms with Crippen molar-refractivity contribution in [3.63, 3.8) is 0 Å². The number of hydrogen-bond acceptors (Lipinski definition) is 8. The van der Waals surface area contributed by atoms with E-state index in [1.807, 2.05) is 0 Å². The van der Waals surface area contributed by atoms with Crippen molar-refractivity contribution in [1.82, 2.24) is 9.88 Å². The molecule has 0 fully saturated rings. The number of benzene rings is 1. The van der Waals surface area contributed by atoms with Crippen molar-refractivity contribution in [3.05, 3.63) is 79.1 Å². The Labute approximate surface area is 192 Å². The van der Waals surface area contributed by atoms with Gasteiger partial charge in [-0.05, 0) is 42.8 Å². The van der Waals surface area contributed by atoms with Crippen LogP contribution >= 0.6 is 11.3 Å². The van der Waals surface area contributed by atoms with Gasteiger partial charge in [0.2, 0.25) is 5.91 Å². The summed E-state index contributed by atoms with van der Waals surface area (Å²) < 4.78 is 16.6. The number of amides is 1. The Bertz CT molecular complexity index is 1300. The normalized spacial score (nSPS) is 11.9. The lowest BCUT2D eigenvalue weighted by molar-refractivity contribution is -0.135. The van der Waals surface area contributed by atoms with Gasteiger partial charge in [0.25, 0.3) is 5.56 Å². The number of ether oxygens (including phenoxy) is 2. The Balaban J connectivity index is 1.93. The number of aromatic nitrogens is 1. The monoisotopic (exact) mass is 470 g/mol. The summed E-state index contributed by atoms with van der Waals surface area (Å²) >= 11 is 1.06. The number of methoxy groups -OCH3 is 1. The van der Waals surface area contributed by atoms with Crippen LogP contribution in [0.2, 0.25) is 0 Å². The van der Waals surface area contributed by atoms with Crippen LogP contribution < -0.4 is 20.1 Å². The molecule has 3 rings (SSSR count). The van der Waals surface area contributed by atoms with Crippen LogP contribution in [0.4, 0.5) is 0 Å². The van der Waals surface area contributed by atoms with Gasteiger partial charge in [0.1, 0.15) is 17.0 Å². The van der Waals surface area contributed by atoms with Gasteiger partial charge < -0.3 is 19.2 Å². The summed E-state index contributed by atoms with van der Waals surface area (Å²) in [6.45, 7) is 1.75. The molecule has 0 spiro atoms. The lowest BCUT2D eigenvalue weighted by Crippen LogP contribution is -2.38. The van der Waals surface area contributed by atoms with Gasteiger partial charge in [-0.1, -0.05) is 12.1 Å². The molecule has 10 heteroatoms.